The van der Waals surface area contributed by atoms with Crippen LogP contribution < -0.4 is 21.3 Å². The van der Waals surface area contributed by atoms with Gasteiger partial charge in [-0.25, -0.2) is 9.97 Å². The molecule has 49 heavy (non-hydrogen) atoms. The highest BCUT2D eigenvalue weighted by molar-refractivity contribution is 5.97. The van der Waals surface area contributed by atoms with Crippen LogP contribution in [-0.4, -0.2) is 102 Å². The van der Waals surface area contributed by atoms with E-state index >= 15 is 0 Å². The summed E-state index contributed by atoms with van der Waals surface area (Å²) in [5, 5.41) is 7.06. The van der Waals surface area contributed by atoms with E-state index in [1.807, 2.05) is 19.1 Å². The molecule has 0 unspecified atom stereocenters. The zero-order chi connectivity index (χ0) is 33.6. The second kappa shape index (κ2) is 13.2. The van der Waals surface area contributed by atoms with Gasteiger partial charge in [0.1, 0.15) is 5.69 Å². The molecule has 4 N–H and O–H groups in total. The maximum atomic E-state index is 12.8. The minimum Gasteiger partial charge on any atom is -0.380 e. The summed E-state index contributed by atoms with van der Waals surface area (Å²) in [5.41, 5.74) is 11.2. The van der Waals surface area contributed by atoms with E-state index in [0.717, 1.165) is 63.2 Å². The third kappa shape index (κ3) is 6.60. The normalized spacial score (nSPS) is 22.9. The van der Waals surface area contributed by atoms with Gasteiger partial charge < -0.3 is 35.8 Å². The van der Waals surface area contributed by atoms with Crippen molar-refractivity contribution in [3.63, 3.8) is 0 Å². The maximum Gasteiger partial charge on any atom is 0.271 e. The van der Waals surface area contributed by atoms with Crippen LogP contribution in [0.3, 0.4) is 0 Å². The minimum atomic E-state index is -0.635. The molecule has 1 amide bonds. The number of likely N-dealkylation sites (tertiary alicyclic amines) is 2. The number of carbonyl (C=O) groups excluding carboxylic acids is 1. The highest BCUT2D eigenvalue weighted by Gasteiger charge is 2.44. The first kappa shape index (κ1) is 32.4. The number of pyridine rings is 1. The number of hydrogen-bond acceptors (Lipinski definition) is 10. The number of piperidine rings is 2. The number of ether oxygens (including phenoxy) is 1. The number of nitrogens with two attached hydrogens (primary N) is 1. The van der Waals surface area contributed by atoms with Crippen molar-refractivity contribution in [2.24, 2.45) is 16.6 Å². The van der Waals surface area contributed by atoms with Gasteiger partial charge in [-0.1, -0.05) is 6.07 Å². The Morgan fingerprint density at radius 2 is 1.59 bits per heavy atom. The molecule has 4 saturated heterocycles. The summed E-state index contributed by atoms with van der Waals surface area (Å²) in [4.78, 5) is 34.9. The van der Waals surface area contributed by atoms with Crippen LogP contribution in [0, 0.1) is 17.8 Å². The fourth-order valence-electron chi connectivity index (χ4n) is 9.10. The number of primary amides is 1. The van der Waals surface area contributed by atoms with Gasteiger partial charge in [-0.3, -0.25) is 9.78 Å². The summed E-state index contributed by atoms with van der Waals surface area (Å²) in [6.07, 6.45) is 11.2. The molecule has 0 radical (unpaired) electrons. The minimum absolute atomic E-state index is 0.0962. The molecule has 2 aromatic heterocycles. The Bertz CT molecular complexity index is 1640. The van der Waals surface area contributed by atoms with Crippen LogP contribution >= 0.6 is 0 Å². The maximum absolute atomic E-state index is 12.8. The predicted molar refractivity (Wildman–Crippen MR) is 193 cm³/mol. The van der Waals surface area contributed by atoms with Crippen molar-refractivity contribution >= 4 is 28.9 Å². The summed E-state index contributed by atoms with van der Waals surface area (Å²) >= 11 is 0. The number of rotatable bonds is 8. The van der Waals surface area contributed by atoms with Crippen molar-refractivity contribution in [2.75, 3.05) is 75.1 Å². The molecule has 260 valence electrons. The van der Waals surface area contributed by atoms with Crippen LogP contribution in [0.5, 0.6) is 0 Å². The van der Waals surface area contributed by atoms with Gasteiger partial charge in [-0.15, -0.1) is 0 Å². The van der Waals surface area contributed by atoms with Crippen LogP contribution in [0.2, 0.25) is 0 Å². The quantitative estimate of drug-likeness (QED) is 0.301. The van der Waals surface area contributed by atoms with E-state index in [1.54, 1.807) is 6.20 Å². The molecule has 2 spiro atoms. The molecule has 6 heterocycles. The molecule has 4 aliphatic heterocycles. The summed E-state index contributed by atoms with van der Waals surface area (Å²) < 4.78 is 5.54. The first-order chi connectivity index (χ1) is 23.8. The Morgan fingerprint density at radius 3 is 2.20 bits per heavy atom. The van der Waals surface area contributed by atoms with E-state index in [2.05, 4.69) is 61.6 Å². The summed E-state index contributed by atoms with van der Waals surface area (Å²) in [5.74, 6) is 0.324. The number of hydrogen-bond donors (Lipinski definition) is 3. The highest BCUT2D eigenvalue weighted by Crippen LogP contribution is 2.44. The second-order valence-electron chi connectivity index (χ2n) is 15.7. The molecule has 1 aromatic carbocycles. The number of nitrogens with one attached hydrogen (secondary N) is 2. The van der Waals surface area contributed by atoms with Gasteiger partial charge >= 0.3 is 0 Å². The highest BCUT2D eigenvalue weighted by atomic mass is 16.5. The van der Waals surface area contributed by atoms with Gasteiger partial charge in [0, 0.05) is 61.2 Å². The molecule has 5 fully saturated rings. The van der Waals surface area contributed by atoms with E-state index in [9.17, 15) is 4.79 Å². The lowest BCUT2D eigenvalue weighted by Gasteiger charge is -2.54. The topological polar surface area (TPSA) is 125 Å². The lowest BCUT2D eigenvalue weighted by atomic mass is 9.71. The Morgan fingerprint density at radius 1 is 0.878 bits per heavy atom. The SMILES string of the molecule is Cc1cccnc1-c1nc(C(N)=O)c(Nc2ccc(N3CCC(N4CCC5(CC4)CN(C)C5)CC3)cc2)nc1NC1CCC2(CC1)COC2. The van der Waals surface area contributed by atoms with Crippen LogP contribution in [-0.2, 0) is 4.74 Å². The molecule has 11 nitrogen and oxygen atoms in total. The molecular weight excluding hydrogens is 614 g/mol. The van der Waals surface area contributed by atoms with Crippen molar-refractivity contribution in [3.05, 3.63) is 53.9 Å². The van der Waals surface area contributed by atoms with Crippen molar-refractivity contribution in [3.8, 4) is 11.4 Å². The summed E-state index contributed by atoms with van der Waals surface area (Å²) in [7, 11) is 2.25. The second-order valence-corrected chi connectivity index (χ2v) is 15.7. The molecule has 1 aliphatic carbocycles. The van der Waals surface area contributed by atoms with E-state index in [1.165, 1.54) is 57.5 Å². The third-order valence-electron chi connectivity index (χ3n) is 12.1. The van der Waals surface area contributed by atoms with Gasteiger partial charge in [-0.05, 0) is 120 Å². The van der Waals surface area contributed by atoms with Crippen LogP contribution in [0.4, 0.5) is 23.0 Å². The standard InChI is InChI=1S/C38H51N9O2/c1-26-4-3-17-40-31(26)32-35(42-28-9-13-38(14-10-28)24-49-25-38)44-36(33(43-32)34(39)48)41-27-5-7-29(8-6-27)46-18-11-30(12-19-46)47-20-15-37(16-21-47)22-45(2)23-37/h3-8,17,28,30H,9-16,18-25H2,1-2H3,(H2,39,48)(H2,41,42,44). The van der Waals surface area contributed by atoms with E-state index in [4.69, 9.17) is 20.4 Å². The number of aryl methyl sites for hydroxylation is 1. The molecule has 8 rings (SSSR count). The number of nitrogens with zero attached hydrogens (tertiary/aromatic N) is 6. The van der Waals surface area contributed by atoms with Gasteiger partial charge in [0.25, 0.3) is 5.91 Å². The molecule has 11 heteroatoms. The molecule has 0 bridgehead atoms. The fourth-order valence-corrected chi connectivity index (χ4v) is 9.10. The molecule has 1 saturated carbocycles. The number of aromatic nitrogens is 3. The predicted octanol–water partition coefficient (Wildman–Crippen LogP) is 5.06. The average molecular weight is 666 g/mol. The molecular formula is C38H51N9O2. The van der Waals surface area contributed by atoms with Gasteiger partial charge in [0.15, 0.2) is 17.3 Å². The largest absolute Gasteiger partial charge is 0.380 e. The Kier molecular flexibility index (Phi) is 8.70. The van der Waals surface area contributed by atoms with Gasteiger partial charge in [-0.2, -0.15) is 0 Å². The fraction of sp³-hybridized carbons (Fsp3) is 0.579. The Labute approximate surface area is 290 Å². The first-order valence-electron chi connectivity index (χ1n) is 18.3. The van der Waals surface area contributed by atoms with Crippen LogP contribution in [0.25, 0.3) is 11.4 Å². The zero-order valence-corrected chi connectivity index (χ0v) is 29.1. The molecule has 0 atom stereocenters. The molecule has 5 aliphatic rings. The third-order valence-corrected chi connectivity index (χ3v) is 12.1. The van der Waals surface area contributed by atoms with Crippen molar-refractivity contribution < 1.29 is 9.53 Å². The van der Waals surface area contributed by atoms with Gasteiger partial charge in [0.2, 0.25) is 0 Å². The lowest BCUT2D eigenvalue weighted by molar-refractivity contribution is -0.131. The zero-order valence-electron chi connectivity index (χ0n) is 29.1. The lowest BCUT2D eigenvalue weighted by Crippen LogP contribution is -2.60. The van der Waals surface area contributed by atoms with Crippen molar-refractivity contribution in [1.29, 1.82) is 0 Å². The van der Waals surface area contributed by atoms with E-state index in [0.29, 0.717) is 39.9 Å². The van der Waals surface area contributed by atoms with E-state index < -0.39 is 5.91 Å². The van der Waals surface area contributed by atoms with Crippen molar-refractivity contribution in [2.45, 2.75) is 70.4 Å². The van der Waals surface area contributed by atoms with Crippen LogP contribution in [0.1, 0.15) is 67.4 Å². The monoisotopic (exact) mass is 665 g/mol. The van der Waals surface area contributed by atoms with Crippen molar-refractivity contribution in [1.82, 2.24) is 24.8 Å². The number of carbonyl (C=O) groups is 1. The van der Waals surface area contributed by atoms with Crippen LogP contribution in [0.15, 0.2) is 42.6 Å². The average Bonchev–Trinajstić information content (AvgIpc) is 3.09. The summed E-state index contributed by atoms with van der Waals surface area (Å²) in [6, 6.07) is 13.3. The summed E-state index contributed by atoms with van der Waals surface area (Å²) in [6.45, 7) is 10.9. The Balaban J connectivity index is 0.956. The smallest absolute Gasteiger partial charge is 0.271 e. The number of amides is 1. The number of anilines is 4. The first-order valence-corrected chi connectivity index (χ1v) is 18.3. The van der Waals surface area contributed by atoms with Gasteiger partial charge in [0.05, 0.1) is 18.9 Å². The molecule has 3 aromatic rings. The number of benzene rings is 1. The van der Waals surface area contributed by atoms with E-state index in [-0.39, 0.29) is 11.7 Å². The Hall–Kier alpha value is -3.80.